The highest BCUT2D eigenvalue weighted by molar-refractivity contribution is 5.47. The van der Waals surface area contributed by atoms with E-state index in [1.807, 2.05) is 30.5 Å². The number of nitrogens with one attached hydrogen (secondary N) is 1. The van der Waals surface area contributed by atoms with Gasteiger partial charge in [-0.2, -0.15) is 0 Å². The standard InChI is InChI=1S/C19H23N3O2/c1-2-8-20-18(6-1)21-12-15-7-9-22(13-15)14-16-4-3-5-17-19(16)24-11-10-23-17/h1-6,8,15H,7,9-14H2,(H,20,21). The molecule has 0 spiro atoms. The molecule has 5 heteroatoms. The summed E-state index contributed by atoms with van der Waals surface area (Å²) < 4.78 is 11.5. The second kappa shape index (κ2) is 7.09. The SMILES string of the molecule is c1ccc(NCC2CCN(Cc3cccc4c3OCCO4)C2)nc1. The molecule has 2 aliphatic heterocycles. The molecule has 4 rings (SSSR count). The van der Waals surface area contributed by atoms with Crippen LogP contribution in [0.25, 0.3) is 0 Å². The zero-order valence-electron chi connectivity index (χ0n) is 13.8. The molecular weight excluding hydrogens is 302 g/mol. The Bertz CT molecular complexity index is 678. The molecule has 2 aromatic rings. The van der Waals surface area contributed by atoms with Crippen molar-refractivity contribution >= 4 is 5.82 Å². The van der Waals surface area contributed by atoms with Crippen molar-refractivity contribution in [2.45, 2.75) is 13.0 Å². The average molecular weight is 325 g/mol. The third kappa shape index (κ3) is 3.46. The Labute approximate surface area is 142 Å². The van der Waals surface area contributed by atoms with Gasteiger partial charge in [0.2, 0.25) is 0 Å². The summed E-state index contributed by atoms with van der Waals surface area (Å²) in [4.78, 5) is 6.82. The van der Waals surface area contributed by atoms with Gasteiger partial charge in [0.1, 0.15) is 19.0 Å². The van der Waals surface area contributed by atoms with Crippen LogP contribution >= 0.6 is 0 Å². The number of aromatic nitrogens is 1. The predicted octanol–water partition coefficient (Wildman–Crippen LogP) is 2.79. The van der Waals surface area contributed by atoms with Gasteiger partial charge >= 0.3 is 0 Å². The van der Waals surface area contributed by atoms with E-state index in [-0.39, 0.29) is 0 Å². The summed E-state index contributed by atoms with van der Waals surface area (Å²) in [5.41, 5.74) is 1.23. The fourth-order valence-corrected chi connectivity index (χ4v) is 3.44. The number of hydrogen-bond acceptors (Lipinski definition) is 5. The molecule has 0 aliphatic carbocycles. The molecule has 1 atom stereocenters. The van der Waals surface area contributed by atoms with E-state index in [2.05, 4.69) is 27.3 Å². The van der Waals surface area contributed by atoms with Crippen molar-refractivity contribution in [3.63, 3.8) is 0 Å². The highest BCUT2D eigenvalue weighted by atomic mass is 16.6. The number of ether oxygens (including phenoxy) is 2. The Morgan fingerprint density at radius 1 is 1.12 bits per heavy atom. The molecule has 5 nitrogen and oxygen atoms in total. The molecular formula is C19H23N3O2. The second-order valence-corrected chi connectivity index (χ2v) is 6.43. The summed E-state index contributed by atoms with van der Waals surface area (Å²) in [5, 5.41) is 3.44. The smallest absolute Gasteiger partial charge is 0.165 e. The number of anilines is 1. The Kier molecular flexibility index (Phi) is 4.51. The number of pyridine rings is 1. The molecule has 0 amide bonds. The Morgan fingerprint density at radius 3 is 3.00 bits per heavy atom. The van der Waals surface area contributed by atoms with Crippen LogP contribution in [0.15, 0.2) is 42.6 Å². The maximum Gasteiger partial charge on any atom is 0.165 e. The quantitative estimate of drug-likeness (QED) is 0.916. The van der Waals surface area contributed by atoms with E-state index in [9.17, 15) is 0 Å². The number of para-hydroxylation sites is 1. The maximum atomic E-state index is 5.82. The van der Waals surface area contributed by atoms with Gasteiger partial charge < -0.3 is 14.8 Å². The summed E-state index contributed by atoms with van der Waals surface area (Å²) in [6.45, 7) is 5.40. The minimum atomic E-state index is 0.640. The summed E-state index contributed by atoms with van der Waals surface area (Å²) >= 11 is 0. The van der Waals surface area contributed by atoms with Crippen molar-refractivity contribution in [1.29, 1.82) is 0 Å². The zero-order valence-corrected chi connectivity index (χ0v) is 13.8. The first-order valence-electron chi connectivity index (χ1n) is 8.63. The lowest BCUT2D eigenvalue weighted by Crippen LogP contribution is -2.24. The normalized spacial score (nSPS) is 20.1. The molecule has 1 saturated heterocycles. The van der Waals surface area contributed by atoms with Gasteiger partial charge in [-0.1, -0.05) is 18.2 Å². The molecule has 0 radical (unpaired) electrons. The lowest BCUT2D eigenvalue weighted by molar-refractivity contribution is 0.167. The molecule has 1 aromatic heterocycles. The molecule has 1 N–H and O–H groups in total. The molecule has 3 heterocycles. The minimum absolute atomic E-state index is 0.640. The van der Waals surface area contributed by atoms with Crippen molar-refractivity contribution in [1.82, 2.24) is 9.88 Å². The van der Waals surface area contributed by atoms with Crippen LogP contribution in [0.4, 0.5) is 5.82 Å². The third-order valence-corrected chi connectivity index (χ3v) is 4.65. The average Bonchev–Trinajstić information content (AvgIpc) is 3.09. The summed E-state index contributed by atoms with van der Waals surface area (Å²) in [5.74, 6) is 3.42. The van der Waals surface area contributed by atoms with E-state index in [0.717, 1.165) is 43.5 Å². The molecule has 1 unspecified atom stereocenters. The first kappa shape index (κ1) is 15.3. The van der Waals surface area contributed by atoms with Crippen LogP contribution in [-0.4, -0.2) is 42.7 Å². The van der Waals surface area contributed by atoms with E-state index in [4.69, 9.17) is 9.47 Å². The fourth-order valence-electron chi connectivity index (χ4n) is 3.44. The van der Waals surface area contributed by atoms with Gasteiger partial charge in [-0.15, -0.1) is 0 Å². The summed E-state index contributed by atoms with van der Waals surface area (Å²) in [7, 11) is 0. The lowest BCUT2D eigenvalue weighted by atomic mass is 10.1. The number of nitrogens with zero attached hydrogens (tertiary/aromatic N) is 2. The van der Waals surface area contributed by atoms with Crippen LogP contribution in [0.2, 0.25) is 0 Å². The monoisotopic (exact) mass is 325 g/mol. The van der Waals surface area contributed by atoms with Crippen molar-refractivity contribution in [3.8, 4) is 11.5 Å². The third-order valence-electron chi connectivity index (χ3n) is 4.65. The van der Waals surface area contributed by atoms with E-state index in [0.29, 0.717) is 19.1 Å². The van der Waals surface area contributed by atoms with Crippen molar-refractivity contribution in [2.75, 3.05) is 38.2 Å². The van der Waals surface area contributed by atoms with Gasteiger partial charge in [0, 0.05) is 31.4 Å². The largest absolute Gasteiger partial charge is 0.486 e. The van der Waals surface area contributed by atoms with Gasteiger partial charge in [-0.25, -0.2) is 4.98 Å². The molecule has 24 heavy (non-hydrogen) atoms. The Balaban J connectivity index is 1.33. The molecule has 0 saturated carbocycles. The number of hydrogen-bond donors (Lipinski definition) is 1. The lowest BCUT2D eigenvalue weighted by Gasteiger charge is -2.23. The number of fused-ring (bicyclic) bond motifs is 1. The van der Waals surface area contributed by atoms with Crippen LogP contribution in [0.5, 0.6) is 11.5 Å². The molecule has 1 fully saturated rings. The Hall–Kier alpha value is -2.27. The van der Waals surface area contributed by atoms with Crippen LogP contribution in [0, 0.1) is 5.92 Å². The molecule has 126 valence electrons. The van der Waals surface area contributed by atoms with E-state index in [1.165, 1.54) is 12.0 Å². The highest BCUT2D eigenvalue weighted by Crippen LogP contribution is 2.35. The first-order valence-corrected chi connectivity index (χ1v) is 8.63. The van der Waals surface area contributed by atoms with Crippen molar-refractivity contribution < 1.29 is 9.47 Å². The minimum Gasteiger partial charge on any atom is -0.486 e. The van der Waals surface area contributed by atoms with Gasteiger partial charge in [0.25, 0.3) is 0 Å². The van der Waals surface area contributed by atoms with Crippen LogP contribution in [-0.2, 0) is 6.54 Å². The first-order chi connectivity index (χ1) is 11.9. The number of likely N-dealkylation sites (tertiary alicyclic amines) is 1. The van der Waals surface area contributed by atoms with E-state index < -0.39 is 0 Å². The van der Waals surface area contributed by atoms with Gasteiger partial charge in [0.05, 0.1) is 0 Å². The fraction of sp³-hybridized carbons (Fsp3) is 0.421. The summed E-state index contributed by atoms with van der Waals surface area (Å²) in [6.07, 6.45) is 3.04. The molecule has 1 aromatic carbocycles. The highest BCUT2D eigenvalue weighted by Gasteiger charge is 2.24. The van der Waals surface area contributed by atoms with Gasteiger partial charge in [0.15, 0.2) is 11.5 Å². The number of benzene rings is 1. The number of rotatable bonds is 5. The van der Waals surface area contributed by atoms with Crippen molar-refractivity contribution in [2.24, 2.45) is 5.92 Å². The molecule has 2 aliphatic rings. The molecule has 0 bridgehead atoms. The van der Waals surface area contributed by atoms with Gasteiger partial charge in [-0.3, -0.25) is 4.90 Å². The van der Waals surface area contributed by atoms with E-state index >= 15 is 0 Å². The van der Waals surface area contributed by atoms with Crippen LogP contribution in [0.1, 0.15) is 12.0 Å². The zero-order chi connectivity index (χ0) is 16.2. The van der Waals surface area contributed by atoms with E-state index in [1.54, 1.807) is 0 Å². The van der Waals surface area contributed by atoms with Crippen LogP contribution < -0.4 is 14.8 Å². The Morgan fingerprint density at radius 2 is 2.08 bits per heavy atom. The van der Waals surface area contributed by atoms with Crippen molar-refractivity contribution in [3.05, 3.63) is 48.2 Å². The van der Waals surface area contributed by atoms with Crippen LogP contribution in [0.3, 0.4) is 0 Å². The topological polar surface area (TPSA) is 46.6 Å². The summed E-state index contributed by atoms with van der Waals surface area (Å²) in [6, 6.07) is 12.2. The predicted molar refractivity (Wildman–Crippen MR) is 93.5 cm³/mol. The maximum absolute atomic E-state index is 5.82. The van der Waals surface area contributed by atoms with Gasteiger partial charge in [-0.05, 0) is 37.1 Å². The second-order valence-electron chi connectivity index (χ2n) is 6.43.